The van der Waals surface area contributed by atoms with Crippen molar-refractivity contribution in [2.45, 2.75) is 6.54 Å². The Morgan fingerprint density at radius 2 is 1.95 bits per heavy atom. The summed E-state index contributed by atoms with van der Waals surface area (Å²) in [5, 5.41) is 11.9. The zero-order chi connectivity index (χ0) is 13.8. The number of hydrogen-bond donors (Lipinski definition) is 1. The first-order valence-corrected chi connectivity index (χ1v) is 5.86. The summed E-state index contributed by atoms with van der Waals surface area (Å²) in [6, 6.07) is 10.2. The van der Waals surface area contributed by atoms with Crippen molar-refractivity contribution in [2.24, 2.45) is 0 Å². The smallest absolute Gasteiger partial charge is 0.141 e. The average Bonchev–Trinajstić information content (AvgIpc) is 2.40. The molecule has 0 heterocycles. The van der Waals surface area contributed by atoms with Crippen LogP contribution in [0.5, 0.6) is 0 Å². The maximum Gasteiger partial charge on any atom is 0.141 e. The quantitative estimate of drug-likeness (QED) is 0.917. The largest absolute Gasteiger partial charge is 0.381 e. The molecule has 0 fully saturated rings. The fraction of sp³-hybridized carbons (Fsp3) is 0.0714. The topological polar surface area (TPSA) is 35.8 Å². The molecule has 0 amide bonds. The van der Waals surface area contributed by atoms with Gasteiger partial charge in [-0.05, 0) is 30.3 Å². The van der Waals surface area contributed by atoms with Crippen LogP contribution in [0.4, 0.5) is 14.5 Å². The number of nitrogens with one attached hydrogen (secondary N) is 1. The van der Waals surface area contributed by atoms with Gasteiger partial charge in [0.15, 0.2) is 0 Å². The van der Waals surface area contributed by atoms with Gasteiger partial charge in [0.2, 0.25) is 0 Å². The summed E-state index contributed by atoms with van der Waals surface area (Å²) in [5.74, 6) is -1.00. The molecule has 1 N–H and O–H groups in total. The van der Waals surface area contributed by atoms with E-state index in [4.69, 9.17) is 16.9 Å². The standard InChI is InChI=1S/C14H9ClF2N2/c15-12-2-1-3-14(17)11(12)8-19-10-4-5-13(16)9(6-10)7-18/h1-6,19H,8H2. The number of nitrogens with zero attached hydrogens (tertiary/aromatic N) is 1. The van der Waals surface area contributed by atoms with Gasteiger partial charge in [0.1, 0.15) is 17.7 Å². The number of rotatable bonds is 3. The van der Waals surface area contributed by atoms with Crippen LogP contribution in [0.15, 0.2) is 36.4 Å². The van der Waals surface area contributed by atoms with Crippen molar-refractivity contribution in [3.63, 3.8) is 0 Å². The Kier molecular flexibility index (Phi) is 3.98. The summed E-state index contributed by atoms with van der Waals surface area (Å²) in [7, 11) is 0. The van der Waals surface area contributed by atoms with Gasteiger partial charge >= 0.3 is 0 Å². The second-order valence-electron chi connectivity index (χ2n) is 3.86. The molecule has 2 aromatic carbocycles. The van der Waals surface area contributed by atoms with E-state index in [1.54, 1.807) is 12.1 Å². The molecule has 19 heavy (non-hydrogen) atoms. The molecule has 0 aromatic heterocycles. The Bertz CT molecular complexity index is 630. The summed E-state index contributed by atoms with van der Waals surface area (Å²) in [6.45, 7) is 0.155. The van der Waals surface area contributed by atoms with Crippen LogP contribution in [0.1, 0.15) is 11.1 Å². The third-order valence-corrected chi connectivity index (χ3v) is 2.97. The summed E-state index contributed by atoms with van der Waals surface area (Å²) in [5.41, 5.74) is 0.786. The molecular formula is C14H9ClF2N2. The lowest BCUT2D eigenvalue weighted by Crippen LogP contribution is -2.03. The molecule has 96 valence electrons. The number of nitriles is 1. The highest BCUT2D eigenvalue weighted by Crippen LogP contribution is 2.21. The Balaban J connectivity index is 2.17. The van der Waals surface area contributed by atoms with Gasteiger partial charge in [-0.1, -0.05) is 17.7 Å². The highest BCUT2D eigenvalue weighted by molar-refractivity contribution is 6.31. The summed E-state index contributed by atoms with van der Waals surface area (Å²) in [4.78, 5) is 0. The van der Waals surface area contributed by atoms with E-state index in [9.17, 15) is 8.78 Å². The minimum Gasteiger partial charge on any atom is -0.381 e. The fourth-order valence-electron chi connectivity index (χ4n) is 1.61. The zero-order valence-electron chi connectivity index (χ0n) is 9.75. The molecule has 0 unspecified atom stereocenters. The molecule has 0 spiro atoms. The molecule has 0 bridgehead atoms. The lowest BCUT2D eigenvalue weighted by atomic mass is 10.1. The van der Waals surface area contributed by atoms with E-state index in [2.05, 4.69) is 5.32 Å². The normalized spacial score (nSPS) is 10.0. The van der Waals surface area contributed by atoms with Crippen LogP contribution in [-0.4, -0.2) is 0 Å². The van der Waals surface area contributed by atoms with E-state index in [0.717, 1.165) is 0 Å². The zero-order valence-corrected chi connectivity index (χ0v) is 10.5. The number of anilines is 1. The van der Waals surface area contributed by atoms with Crippen LogP contribution < -0.4 is 5.32 Å². The molecule has 0 saturated carbocycles. The SMILES string of the molecule is N#Cc1cc(NCc2c(F)cccc2Cl)ccc1F. The predicted octanol–water partition coefficient (Wildman–Crippen LogP) is 4.10. The van der Waals surface area contributed by atoms with Crippen molar-refractivity contribution in [1.82, 2.24) is 0 Å². The van der Waals surface area contributed by atoms with Gasteiger partial charge in [0.25, 0.3) is 0 Å². The maximum atomic E-state index is 13.5. The van der Waals surface area contributed by atoms with Crippen molar-refractivity contribution in [3.05, 3.63) is 64.2 Å². The van der Waals surface area contributed by atoms with Crippen molar-refractivity contribution >= 4 is 17.3 Å². The van der Waals surface area contributed by atoms with Gasteiger partial charge in [-0.2, -0.15) is 5.26 Å². The maximum absolute atomic E-state index is 13.5. The van der Waals surface area contributed by atoms with Gasteiger partial charge in [0.05, 0.1) is 5.56 Å². The van der Waals surface area contributed by atoms with Crippen LogP contribution in [0, 0.1) is 23.0 Å². The first-order valence-electron chi connectivity index (χ1n) is 5.48. The van der Waals surface area contributed by atoms with Gasteiger partial charge < -0.3 is 5.32 Å². The minimum atomic E-state index is -0.586. The van der Waals surface area contributed by atoms with Crippen LogP contribution >= 0.6 is 11.6 Å². The lowest BCUT2D eigenvalue weighted by Gasteiger charge is -2.09. The molecule has 0 aliphatic carbocycles. The Labute approximate surface area is 114 Å². The molecule has 2 aromatic rings. The van der Waals surface area contributed by atoms with Crippen LogP contribution in [0.3, 0.4) is 0 Å². The third kappa shape index (κ3) is 3.01. The average molecular weight is 279 g/mol. The van der Waals surface area contributed by atoms with E-state index in [1.165, 1.54) is 30.3 Å². The molecule has 0 saturated heterocycles. The Morgan fingerprint density at radius 1 is 1.16 bits per heavy atom. The third-order valence-electron chi connectivity index (χ3n) is 2.62. The molecule has 0 atom stereocenters. The monoisotopic (exact) mass is 278 g/mol. The van der Waals surface area contributed by atoms with Crippen molar-refractivity contribution in [1.29, 1.82) is 5.26 Å². The molecule has 0 aliphatic rings. The number of halogens is 3. The Morgan fingerprint density at radius 3 is 2.63 bits per heavy atom. The molecule has 0 radical (unpaired) electrons. The minimum absolute atomic E-state index is 0.0652. The van der Waals surface area contributed by atoms with Gasteiger partial charge in [-0.3, -0.25) is 0 Å². The Hall–Kier alpha value is -2.12. The molecule has 2 rings (SSSR count). The van der Waals surface area contributed by atoms with Crippen LogP contribution in [0.2, 0.25) is 5.02 Å². The van der Waals surface area contributed by atoms with E-state index < -0.39 is 11.6 Å². The van der Waals surface area contributed by atoms with E-state index in [-0.39, 0.29) is 12.1 Å². The fourth-order valence-corrected chi connectivity index (χ4v) is 1.84. The number of hydrogen-bond acceptors (Lipinski definition) is 2. The first-order chi connectivity index (χ1) is 9.11. The predicted molar refractivity (Wildman–Crippen MR) is 69.9 cm³/mol. The van der Waals surface area contributed by atoms with Gasteiger partial charge in [-0.25, -0.2) is 8.78 Å². The van der Waals surface area contributed by atoms with Crippen LogP contribution in [0.25, 0.3) is 0 Å². The van der Waals surface area contributed by atoms with E-state index in [0.29, 0.717) is 16.3 Å². The van der Waals surface area contributed by atoms with Gasteiger partial charge in [-0.15, -0.1) is 0 Å². The van der Waals surface area contributed by atoms with Crippen molar-refractivity contribution in [3.8, 4) is 6.07 Å². The molecule has 0 aliphatic heterocycles. The first kappa shape index (κ1) is 13.3. The lowest BCUT2D eigenvalue weighted by molar-refractivity contribution is 0.613. The van der Waals surface area contributed by atoms with Crippen molar-refractivity contribution in [2.75, 3.05) is 5.32 Å². The summed E-state index contributed by atoms with van der Waals surface area (Å²) < 4.78 is 26.7. The van der Waals surface area contributed by atoms with Gasteiger partial charge in [0, 0.05) is 22.8 Å². The number of benzene rings is 2. The van der Waals surface area contributed by atoms with Crippen molar-refractivity contribution < 1.29 is 8.78 Å². The van der Waals surface area contributed by atoms with E-state index in [1.807, 2.05) is 0 Å². The summed E-state index contributed by atoms with van der Waals surface area (Å²) in [6.07, 6.45) is 0. The molecule has 2 nitrogen and oxygen atoms in total. The molecule has 5 heteroatoms. The summed E-state index contributed by atoms with van der Waals surface area (Å²) >= 11 is 5.89. The second kappa shape index (κ2) is 5.68. The highest BCUT2D eigenvalue weighted by Gasteiger charge is 2.07. The second-order valence-corrected chi connectivity index (χ2v) is 4.27. The molecular weight excluding hydrogens is 270 g/mol. The van der Waals surface area contributed by atoms with E-state index >= 15 is 0 Å². The highest BCUT2D eigenvalue weighted by atomic mass is 35.5. The van der Waals surface area contributed by atoms with Crippen LogP contribution in [-0.2, 0) is 6.54 Å².